The van der Waals surface area contributed by atoms with E-state index in [1.165, 1.54) is 57.8 Å². The molecular weight excluding hydrogens is 412 g/mol. The normalized spacial score (nSPS) is 28.2. The number of carbonyl (C=O) groups excluding carboxylic acids is 2. The van der Waals surface area contributed by atoms with Crippen molar-refractivity contribution in [1.82, 2.24) is 0 Å². The highest BCUT2D eigenvalue weighted by Crippen LogP contribution is 2.57. The van der Waals surface area contributed by atoms with Gasteiger partial charge in [-0.15, -0.1) is 0 Å². The van der Waals surface area contributed by atoms with Crippen LogP contribution < -0.4 is 0 Å². The predicted octanol–water partition coefficient (Wildman–Crippen LogP) is 7.77. The summed E-state index contributed by atoms with van der Waals surface area (Å²) in [4.78, 5) is 24.4. The summed E-state index contributed by atoms with van der Waals surface area (Å²) in [5.74, 6) is 2.51. The maximum Gasteiger partial charge on any atom is 0.311 e. The second kappa shape index (κ2) is 12.6. The molecule has 0 spiro atoms. The second-order valence-corrected chi connectivity index (χ2v) is 12.2. The first-order chi connectivity index (χ1) is 15.8. The van der Waals surface area contributed by atoms with Crippen molar-refractivity contribution in [2.24, 2.45) is 23.2 Å². The average Bonchev–Trinajstić information content (AvgIpc) is 2.75. The van der Waals surface area contributed by atoms with Crippen molar-refractivity contribution in [3.63, 3.8) is 0 Å². The Hall–Kier alpha value is -1.06. The van der Waals surface area contributed by atoms with Gasteiger partial charge in [-0.3, -0.25) is 9.59 Å². The van der Waals surface area contributed by atoms with E-state index in [2.05, 4.69) is 0 Å². The Morgan fingerprint density at radius 1 is 0.758 bits per heavy atom. The number of carbonyl (C=O) groups is 2. The summed E-state index contributed by atoms with van der Waals surface area (Å²) in [6.07, 6.45) is 20.9. The Bertz CT molecular complexity index is 588. The molecule has 0 amide bonds. The third kappa shape index (κ3) is 8.28. The van der Waals surface area contributed by atoms with Gasteiger partial charge in [0.15, 0.2) is 0 Å². The van der Waals surface area contributed by atoms with Gasteiger partial charge in [-0.25, -0.2) is 0 Å². The Morgan fingerprint density at radius 2 is 1.21 bits per heavy atom. The molecule has 190 valence electrons. The highest BCUT2D eigenvalue weighted by atomic mass is 16.6. The van der Waals surface area contributed by atoms with Gasteiger partial charge in [0, 0.05) is 6.42 Å². The first-order valence-electron chi connectivity index (χ1n) is 14.2. The van der Waals surface area contributed by atoms with E-state index in [1.807, 2.05) is 20.8 Å². The van der Waals surface area contributed by atoms with Crippen LogP contribution in [0.15, 0.2) is 0 Å². The molecule has 4 heteroatoms. The molecule has 0 heterocycles. The topological polar surface area (TPSA) is 52.6 Å². The Morgan fingerprint density at radius 3 is 1.70 bits per heavy atom. The van der Waals surface area contributed by atoms with Crippen molar-refractivity contribution in [2.75, 3.05) is 6.61 Å². The summed E-state index contributed by atoms with van der Waals surface area (Å²) in [5, 5.41) is 0. The van der Waals surface area contributed by atoms with Crippen molar-refractivity contribution in [2.45, 2.75) is 142 Å². The molecule has 0 atom stereocenters. The van der Waals surface area contributed by atoms with Gasteiger partial charge in [-0.05, 0) is 89.4 Å². The molecule has 0 aliphatic heterocycles. The van der Waals surface area contributed by atoms with Crippen molar-refractivity contribution in [3.05, 3.63) is 0 Å². The largest absolute Gasteiger partial charge is 0.465 e. The van der Waals surface area contributed by atoms with Crippen LogP contribution in [0.4, 0.5) is 0 Å². The van der Waals surface area contributed by atoms with Crippen LogP contribution in [-0.4, -0.2) is 24.1 Å². The first-order valence-corrected chi connectivity index (χ1v) is 14.2. The maximum atomic E-state index is 12.5. The number of unbranched alkanes of at least 4 members (excludes halogenated alkanes) is 9. The van der Waals surface area contributed by atoms with Crippen LogP contribution in [0.25, 0.3) is 0 Å². The molecule has 4 aliphatic rings. The van der Waals surface area contributed by atoms with E-state index < -0.39 is 0 Å². The SMILES string of the molecule is CCC(C)(C)C(=O)OCCCCCCCCCCCCC(=O)OC12CC3CC(CC(C3)C1)C2. The molecule has 4 saturated carbocycles. The monoisotopic (exact) mass is 462 g/mol. The standard InChI is InChI=1S/C29H50O4/c1-4-28(2,3)27(31)32-16-14-12-10-8-6-5-7-9-11-13-15-26(30)33-29-20-23-17-24(21-29)19-25(18-23)22-29/h23-25H,4-22H2,1-3H3. The van der Waals surface area contributed by atoms with Gasteiger partial charge < -0.3 is 9.47 Å². The zero-order valence-electron chi connectivity index (χ0n) is 21.8. The molecule has 0 saturated heterocycles. The second-order valence-electron chi connectivity index (χ2n) is 12.2. The van der Waals surface area contributed by atoms with Gasteiger partial charge in [-0.2, -0.15) is 0 Å². The zero-order chi connectivity index (χ0) is 23.7. The van der Waals surface area contributed by atoms with Crippen LogP contribution in [-0.2, 0) is 19.1 Å². The maximum absolute atomic E-state index is 12.5. The van der Waals surface area contributed by atoms with Crippen LogP contribution in [0, 0.1) is 23.2 Å². The summed E-state index contributed by atoms with van der Waals surface area (Å²) >= 11 is 0. The summed E-state index contributed by atoms with van der Waals surface area (Å²) in [6.45, 7) is 6.49. The third-order valence-corrected chi connectivity index (χ3v) is 8.76. The van der Waals surface area contributed by atoms with Crippen molar-refractivity contribution in [3.8, 4) is 0 Å². The van der Waals surface area contributed by atoms with Crippen molar-refractivity contribution in [1.29, 1.82) is 0 Å². The average molecular weight is 463 g/mol. The van der Waals surface area contributed by atoms with Crippen LogP contribution >= 0.6 is 0 Å². The van der Waals surface area contributed by atoms with E-state index in [0.29, 0.717) is 13.0 Å². The third-order valence-electron chi connectivity index (χ3n) is 8.76. The minimum Gasteiger partial charge on any atom is -0.465 e. The minimum atomic E-state index is -0.352. The molecule has 4 bridgehead atoms. The molecular formula is C29H50O4. The lowest BCUT2D eigenvalue weighted by atomic mass is 9.54. The fraction of sp³-hybridized carbons (Fsp3) is 0.931. The number of ether oxygens (including phenoxy) is 2. The van der Waals surface area contributed by atoms with E-state index in [1.54, 1.807) is 0 Å². The van der Waals surface area contributed by atoms with Gasteiger partial charge in [0.1, 0.15) is 5.60 Å². The smallest absolute Gasteiger partial charge is 0.311 e. The quantitative estimate of drug-likeness (QED) is 0.174. The van der Waals surface area contributed by atoms with Crippen molar-refractivity contribution < 1.29 is 19.1 Å². The van der Waals surface area contributed by atoms with E-state index in [9.17, 15) is 9.59 Å². The Kier molecular flexibility index (Phi) is 10.1. The summed E-state index contributed by atoms with van der Waals surface area (Å²) < 4.78 is 11.5. The van der Waals surface area contributed by atoms with Gasteiger partial charge in [0.05, 0.1) is 12.0 Å². The van der Waals surface area contributed by atoms with Crippen LogP contribution in [0.3, 0.4) is 0 Å². The molecule has 0 aromatic rings. The fourth-order valence-electron chi connectivity index (χ4n) is 6.74. The van der Waals surface area contributed by atoms with Gasteiger partial charge in [0.2, 0.25) is 0 Å². The molecule has 33 heavy (non-hydrogen) atoms. The van der Waals surface area contributed by atoms with Gasteiger partial charge in [-0.1, -0.05) is 58.3 Å². The molecule has 4 fully saturated rings. The lowest BCUT2D eigenvalue weighted by Gasteiger charge is -2.55. The Balaban J connectivity index is 1.10. The van der Waals surface area contributed by atoms with Gasteiger partial charge in [0.25, 0.3) is 0 Å². The molecule has 4 rings (SSSR count). The number of rotatable bonds is 16. The molecule has 0 N–H and O–H groups in total. The van der Waals surface area contributed by atoms with Gasteiger partial charge >= 0.3 is 11.9 Å². The lowest BCUT2D eigenvalue weighted by molar-refractivity contribution is -0.186. The fourth-order valence-corrected chi connectivity index (χ4v) is 6.74. The summed E-state index contributed by atoms with van der Waals surface area (Å²) in [6, 6.07) is 0. The molecule has 0 aromatic heterocycles. The van der Waals surface area contributed by atoms with Crippen LogP contribution in [0.2, 0.25) is 0 Å². The van der Waals surface area contributed by atoms with Crippen LogP contribution in [0.5, 0.6) is 0 Å². The minimum absolute atomic E-state index is 0.0639. The molecule has 0 aromatic carbocycles. The first kappa shape index (κ1) is 26.5. The zero-order valence-corrected chi connectivity index (χ0v) is 21.8. The van der Waals surface area contributed by atoms with Crippen LogP contribution in [0.1, 0.15) is 136 Å². The van der Waals surface area contributed by atoms with E-state index in [-0.39, 0.29) is 23.0 Å². The lowest BCUT2D eigenvalue weighted by Crippen LogP contribution is -2.52. The highest BCUT2D eigenvalue weighted by molar-refractivity contribution is 5.75. The molecule has 4 nitrogen and oxygen atoms in total. The Labute approximate surface area is 202 Å². The molecule has 4 aliphatic carbocycles. The predicted molar refractivity (Wildman–Crippen MR) is 133 cm³/mol. The highest BCUT2D eigenvalue weighted by Gasteiger charge is 2.53. The molecule has 0 radical (unpaired) electrons. The summed E-state index contributed by atoms with van der Waals surface area (Å²) in [7, 11) is 0. The van der Waals surface area contributed by atoms with Crippen molar-refractivity contribution >= 4 is 11.9 Å². The number of hydrogen-bond acceptors (Lipinski definition) is 4. The molecule has 0 unspecified atom stereocenters. The van der Waals surface area contributed by atoms with E-state index >= 15 is 0 Å². The number of hydrogen-bond donors (Lipinski definition) is 0. The summed E-state index contributed by atoms with van der Waals surface area (Å²) in [5.41, 5.74) is -0.422. The van der Waals surface area contributed by atoms with E-state index in [4.69, 9.17) is 9.47 Å². The number of esters is 2. The van der Waals surface area contributed by atoms with E-state index in [0.717, 1.165) is 69.1 Å².